The Kier molecular flexibility index (Phi) is 6.33. The summed E-state index contributed by atoms with van der Waals surface area (Å²) in [5.41, 5.74) is 4.93. The van der Waals surface area contributed by atoms with Gasteiger partial charge in [0.15, 0.2) is 0 Å². The first kappa shape index (κ1) is 23.4. The number of nitrogens with zero attached hydrogens (tertiary/aromatic N) is 5. The van der Waals surface area contributed by atoms with Crippen LogP contribution in [0.1, 0.15) is 16.7 Å². The van der Waals surface area contributed by atoms with Gasteiger partial charge in [-0.1, -0.05) is 24.3 Å². The summed E-state index contributed by atoms with van der Waals surface area (Å²) in [7, 11) is 0. The van der Waals surface area contributed by atoms with E-state index in [0.29, 0.717) is 12.1 Å². The first-order valence-corrected chi connectivity index (χ1v) is 11.3. The third-order valence-corrected chi connectivity index (χ3v) is 6.19. The summed E-state index contributed by atoms with van der Waals surface area (Å²) in [6.45, 7) is 0.511. The van der Waals surface area contributed by atoms with E-state index in [9.17, 15) is 13.9 Å². The van der Waals surface area contributed by atoms with Gasteiger partial charge in [0.2, 0.25) is 0 Å². The summed E-state index contributed by atoms with van der Waals surface area (Å²) in [5, 5.41) is 29.8. The SMILES string of the molecule is N#Cc1ccc(CNC2=CC3=CNN(CC(O)(Cn4cncn4)c4ccc(F)cc4F)C3C=C2)cc1. The summed E-state index contributed by atoms with van der Waals surface area (Å²) in [4.78, 5) is 3.90. The molecule has 2 atom stereocenters. The van der Waals surface area contributed by atoms with Gasteiger partial charge in [-0.3, -0.25) is 0 Å². The zero-order chi connectivity index (χ0) is 25.1. The number of fused-ring (bicyclic) bond motifs is 1. The van der Waals surface area contributed by atoms with Crippen molar-refractivity contribution in [2.24, 2.45) is 0 Å². The minimum Gasteiger partial charge on any atom is -0.382 e. The summed E-state index contributed by atoms with van der Waals surface area (Å²) in [5.74, 6) is -1.55. The van der Waals surface area contributed by atoms with Crippen LogP contribution in [0.25, 0.3) is 0 Å². The van der Waals surface area contributed by atoms with Crippen LogP contribution < -0.4 is 10.7 Å². The molecule has 0 saturated heterocycles. The number of allylic oxidation sites excluding steroid dienone is 1. The van der Waals surface area contributed by atoms with Crippen molar-refractivity contribution >= 4 is 0 Å². The Morgan fingerprint density at radius 3 is 2.72 bits per heavy atom. The minimum atomic E-state index is -1.73. The Hall–Kier alpha value is -4.33. The molecule has 0 amide bonds. The van der Waals surface area contributed by atoms with Gasteiger partial charge in [-0.25, -0.2) is 23.5 Å². The van der Waals surface area contributed by atoms with Crippen molar-refractivity contribution in [1.82, 2.24) is 30.5 Å². The lowest BCUT2D eigenvalue weighted by molar-refractivity contribution is -0.0310. The van der Waals surface area contributed by atoms with Gasteiger partial charge in [0.25, 0.3) is 0 Å². The molecule has 0 fully saturated rings. The number of aromatic nitrogens is 3. The third kappa shape index (κ3) is 4.88. The molecular formula is C26H23F2N7O. The number of rotatable bonds is 8. The van der Waals surface area contributed by atoms with Crippen molar-refractivity contribution in [2.45, 2.75) is 24.7 Å². The first-order chi connectivity index (χ1) is 17.4. The molecule has 3 N–H and O–H groups in total. The van der Waals surface area contributed by atoms with Gasteiger partial charge in [-0.15, -0.1) is 0 Å². The van der Waals surface area contributed by atoms with E-state index < -0.39 is 17.2 Å². The van der Waals surface area contributed by atoms with E-state index in [4.69, 9.17) is 5.26 Å². The highest BCUT2D eigenvalue weighted by Gasteiger charge is 2.39. The maximum atomic E-state index is 14.8. The summed E-state index contributed by atoms with van der Waals surface area (Å²) in [6.07, 6.45) is 10.5. The molecular weight excluding hydrogens is 464 g/mol. The lowest BCUT2D eigenvalue weighted by Crippen LogP contribution is -2.50. The first-order valence-electron chi connectivity index (χ1n) is 11.3. The number of hydrogen-bond donors (Lipinski definition) is 3. The Balaban J connectivity index is 1.30. The Morgan fingerprint density at radius 1 is 1.17 bits per heavy atom. The largest absolute Gasteiger partial charge is 0.382 e. The molecule has 10 heteroatoms. The van der Waals surface area contributed by atoms with Crippen molar-refractivity contribution in [3.8, 4) is 6.07 Å². The van der Waals surface area contributed by atoms with Gasteiger partial charge in [0, 0.05) is 30.1 Å². The molecule has 1 aromatic heterocycles. The summed E-state index contributed by atoms with van der Waals surface area (Å²) in [6, 6.07) is 12.4. The van der Waals surface area contributed by atoms with Crippen LogP contribution in [0, 0.1) is 23.0 Å². The quantitative estimate of drug-likeness (QED) is 0.449. The van der Waals surface area contributed by atoms with E-state index in [1.54, 1.807) is 17.1 Å². The van der Waals surface area contributed by atoms with Crippen LogP contribution in [-0.2, 0) is 18.7 Å². The predicted molar refractivity (Wildman–Crippen MR) is 127 cm³/mol. The molecule has 3 aromatic rings. The third-order valence-electron chi connectivity index (χ3n) is 6.19. The highest BCUT2D eigenvalue weighted by molar-refractivity contribution is 5.43. The van der Waals surface area contributed by atoms with Crippen LogP contribution >= 0.6 is 0 Å². The molecule has 0 radical (unpaired) electrons. The number of hydrogen-bond acceptors (Lipinski definition) is 7. The summed E-state index contributed by atoms with van der Waals surface area (Å²) < 4.78 is 29.7. The fraction of sp³-hybridized carbons (Fsp3) is 0.192. The molecule has 2 heterocycles. The van der Waals surface area contributed by atoms with Crippen LogP contribution in [0.15, 0.2) is 90.8 Å². The van der Waals surface area contributed by atoms with Gasteiger partial charge in [0.05, 0.1) is 30.8 Å². The molecule has 0 bridgehead atoms. The molecule has 2 unspecified atom stereocenters. The number of aliphatic hydroxyl groups is 1. The highest BCUT2D eigenvalue weighted by atomic mass is 19.1. The Labute approximate surface area is 206 Å². The Morgan fingerprint density at radius 2 is 2.00 bits per heavy atom. The smallest absolute Gasteiger partial charge is 0.137 e. The van der Waals surface area contributed by atoms with E-state index in [1.165, 1.54) is 23.4 Å². The van der Waals surface area contributed by atoms with Crippen molar-refractivity contribution in [1.29, 1.82) is 5.26 Å². The predicted octanol–water partition coefficient (Wildman–Crippen LogP) is 2.63. The maximum absolute atomic E-state index is 14.8. The molecule has 2 aromatic carbocycles. The molecule has 2 aliphatic rings. The average Bonchev–Trinajstić information content (AvgIpc) is 3.52. The number of β-amino-alcohol motifs (C(OH)–C–C–N with tert-alkyl or cyclic N) is 1. The standard InChI is InChI=1S/C26H23F2N7O/c27-21-5-7-23(24(28)10-21)26(36,14-34-17-30-16-33-34)15-35-25-8-6-22(9-20(25)13-32-35)31-12-19-3-1-18(11-29)2-4-19/h1-10,13,16-17,25,31-32,36H,12,14-15H2. The fourth-order valence-electron chi connectivity index (χ4n) is 4.37. The van der Waals surface area contributed by atoms with Crippen molar-refractivity contribution < 1.29 is 13.9 Å². The van der Waals surface area contributed by atoms with Crippen molar-refractivity contribution in [2.75, 3.05) is 6.54 Å². The molecule has 8 nitrogen and oxygen atoms in total. The van der Waals surface area contributed by atoms with Gasteiger partial charge in [0.1, 0.15) is 29.9 Å². The minimum absolute atomic E-state index is 0.00768. The zero-order valence-corrected chi connectivity index (χ0v) is 19.1. The Bertz CT molecular complexity index is 1380. The van der Waals surface area contributed by atoms with Crippen molar-refractivity contribution in [3.05, 3.63) is 119 Å². The van der Waals surface area contributed by atoms with E-state index in [2.05, 4.69) is 26.9 Å². The monoisotopic (exact) mass is 487 g/mol. The average molecular weight is 488 g/mol. The van der Waals surface area contributed by atoms with E-state index in [0.717, 1.165) is 29.0 Å². The normalized spacial score (nSPS) is 18.4. The maximum Gasteiger partial charge on any atom is 0.137 e. The molecule has 0 spiro atoms. The second kappa shape index (κ2) is 9.73. The van der Waals surface area contributed by atoms with Gasteiger partial charge in [-0.2, -0.15) is 10.4 Å². The van der Waals surface area contributed by atoms with Crippen LogP contribution in [0.2, 0.25) is 0 Å². The van der Waals surface area contributed by atoms with Crippen molar-refractivity contribution in [3.63, 3.8) is 0 Å². The van der Waals surface area contributed by atoms with E-state index in [-0.39, 0.29) is 24.7 Å². The van der Waals surface area contributed by atoms with Crippen LogP contribution in [0.4, 0.5) is 8.78 Å². The lowest BCUT2D eigenvalue weighted by Gasteiger charge is -2.35. The highest BCUT2D eigenvalue weighted by Crippen LogP contribution is 2.31. The summed E-state index contributed by atoms with van der Waals surface area (Å²) >= 11 is 0. The number of halogens is 2. The van der Waals surface area contributed by atoms with E-state index >= 15 is 0 Å². The number of hydrazine groups is 1. The van der Waals surface area contributed by atoms with Gasteiger partial charge in [-0.05, 0) is 41.5 Å². The zero-order valence-electron chi connectivity index (χ0n) is 19.1. The second-order valence-corrected chi connectivity index (χ2v) is 8.72. The number of nitriles is 1. The molecule has 5 rings (SSSR count). The van der Waals surface area contributed by atoms with Gasteiger partial charge < -0.3 is 15.8 Å². The molecule has 36 heavy (non-hydrogen) atoms. The van der Waals surface area contributed by atoms with Crippen LogP contribution in [0.3, 0.4) is 0 Å². The fourth-order valence-corrected chi connectivity index (χ4v) is 4.37. The molecule has 0 saturated carbocycles. The number of benzene rings is 2. The topological polar surface area (TPSA) is 102 Å². The lowest BCUT2D eigenvalue weighted by atomic mass is 9.91. The number of nitrogens with one attached hydrogen (secondary N) is 2. The van der Waals surface area contributed by atoms with Crippen LogP contribution in [0.5, 0.6) is 0 Å². The van der Waals surface area contributed by atoms with Gasteiger partial charge >= 0.3 is 0 Å². The molecule has 182 valence electrons. The molecule has 1 aliphatic carbocycles. The van der Waals surface area contributed by atoms with Crippen LogP contribution in [-0.4, -0.2) is 37.5 Å². The molecule has 1 aliphatic heterocycles. The van der Waals surface area contributed by atoms with E-state index in [1.807, 2.05) is 36.6 Å². The second-order valence-electron chi connectivity index (χ2n) is 8.72.